The zero-order valence-electron chi connectivity index (χ0n) is 9.49. The van der Waals surface area contributed by atoms with Crippen molar-refractivity contribution in [1.82, 2.24) is 5.32 Å². The Kier molecular flexibility index (Phi) is 4.85. The van der Waals surface area contributed by atoms with Crippen LogP contribution in [0.2, 0.25) is 0 Å². The van der Waals surface area contributed by atoms with Gasteiger partial charge in [-0.15, -0.1) is 0 Å². The van der Waals surface area contributed by atoms with Gasteiger partial charge in [-0.05, 0) is 33.1 Å². The van der Waals surface area contributed by atoms with Crippen LogP contribution in [0.25, 0.3) is 0 Å². The van der Waals surface area contributed by atoms with E-state index in [-0.39, 0.29) is 12.6 Å². The first kappa shape index (κ1) is 12.0. The van der Waals surface area contributed by atoms with Crippen LogP contribution >= 0.6 is 0 Å². The van der Waals surface area contributed by atoms with Crippen molar-refractivity contribution in [3.8, 4) is 0 Å². The molecule has 0 aromatic carbocycles. The van der Waals surface area contributed by atoms with E-state index in [1.54, 1.807) is 0 Å². The summed E-state index contributed by atoms with van der Waals surface area (Å²) < 4.78 is 5.66. The second-order valence-corrected chi connectivity index (χ2v) is 4.38. The second-order valence-electron chi connectivity index (χ2n) is 4.38. The normalized spacial score (nSPS) is 35.6. The Morgan fingerprint density at radius 2 is 1.93 bits per heavy atom. The van der Waals surface area contributed by atoms with Gasteiger partial charge in [0.25, 0.3) is 0 Å². The molecule has 3 heteroatoms. The van der Waals surface area contributed by atoms with Crippen molar-refractivity contribution >= 4 is 0 Å². The van der Waals surface area contributed by atoms with Gasteiger partial charge in [0.15, 0.2) is 0 Å². The van der Waals surface area contributed by atoms with Gasteiger partial charge in [-0.3, -0.25) is 0 Å². The molecule has 1 unspecified atom stereocenters. The van der Waals surface area contributed by atoms with Gasteiger partial charge in [0.2, 0.25) is 0 Å². The van der Waals surface area contributed by atoms with Gasteiger partial charge in [0, 0.05) is 12.1 Å². The third-order valence-electron chi connectivity index (χ3n) is 2.88. The van der Waals surface area contributed by atoms with Gasteiger partial charge in [-0.2, -0.15) is 0 Å². The Labute approximate surface area is 86.8 Å². The number of aliphatic hydroxyl groups is 1. The lowest BCUT2D eigenvalue weighted by atomic mass is 9.98. The number of rotatable bonds is 4. The highest BCUT2D eigenvalue weighted by Crippen LogP contribution is 2.19. The molecule has 1 saturated heterocycles. The molecule has 0 aromatic rings. The van der Waals surface area contributed by atoms with Gasteiger partial charge in [0.05, 0.1) is 18.8 Å². The summed E-state index contributed by atoms with van der Waals surface area (Å²) in [5.74, 6) is 0. The van der Waals surface area contributed by atoms with Crippen molar-refractivity contribution in [1.29, 1.82) is 0 Å². The highest BCUT2D eigenvalue weighted by atomic mass is 16.5. The molecule has 0 bridgehead atoms. The molecule has 0 aliphatic carbocycles. The van der Waals surface area contributed by atoms with Crippen LogP contribution in [0.4, 0.5) is 0 Å². The van der Waals surface area contributed by atoms with Crippen LogP contribution in [0.15, 0.2) is 0 Å². The Hall–Kier alpha value is -0.120. The molecule has 1 fully saturated rings. The van der Waals surface area contributed by atoms with Crippen LogP contribution in [-0.2, 0) is 4.74 Å². The summed E-state index contributed by atoms with van der Waals surface area (Å²) >= 11 is 0. The zero-order chi connectivity index (χ0) is 10.6. The van der Waals surface area contributed by atoms with E-state index >= 15 is 0 Å². The molecule has 1 heterocycles. The summed E-state index contributed by atoms with van der Waals surface area (Å²) in [5, 5.41) is 12.6. The van der Waals surface area contributed by atoms with E-state index in [2.05, 4.69) is 26.1 Å². The summed E-state index contributed by atoms with van der Waals surface area (Å²) in [4.78, 5) is 0. The number of ether oxygens (including phenoxy) is 1. The fraction of sp³-hybridized carbons (Fsp3) is 1.00. The molecular formula is C11H23NO2. The Morgan fingerprint density at radius 1 is 1.36 bits per heavy atom. The first-order chi connectivity index (χ1) is 6.65. The maximum atomic E-state index is 9.09. The van der Waals surface area contributed by atoms with Crippen molar-refractivity contribution in [2.24, 2.45) is 0 Å². The zero-order valence-corrected chi connectivity index (χ0v) is 9.49. The fourth-order valence-corrected chi connectivity index (χ4v) is 2.17. The third-order valence-corrected chi connectivity index (χ3v) is 2.88. The highest BCUT2D eigenvalue weighted by molar-refractivity contribution is 4.81. The van der Waals surface area contributed by atoms with Crippen molar-refractivity contribution in [3.63, 3.8) is 0 Å². The molecule has 1 rings (SSSR count). The molecule has 0 saturated carbocycles. The second kappa shape index (κ2) is 5.69. The smallest absolute Gasteiger partial charge is 0.0584 e. The monoisotopic (exact) mass is 201 g/mol. The molecule has 4 atom stereocenters. The van der Waals surface area contributed by atoms with Gasteiger partial charge in [0.1, 0.15) is 0 Å². The predicted molar refractivity (Wildman–Crippen MR) is 57.3 cm³/mol. The fourth-order valence-electron chi connectivity index (χ4n) is 2.17. The topological polar surface area (TPSA) is 41.5 Å². The standard InChI is InChI=1S/C11H23NO2/c1-4-10(7-13)12-11-5-8(2)14-9(3)6-11/h8-13H,4-7H2,1-3H3/t8-,9+,10-,11?/m1/s1. The molecule has 0 aromatic heterocycles. The molecule has 0 spiro atoms. The van der Waals surface area contributed by atoms with Crippen LogP contribution < -0.4 is 5.32 Å². The Balaban J connectivity index is 2.35. The van der Waals surface area contributed by atoms with Crippen molar-refractivity contribution < 1.29 is 9.84 Å². The van der Waals surface area contributed by atoms with Gasteiger partial charge in [-0.1, -0.05) is 6.92 Å². The van der Waals surface area contributed by atoms with E-state index in [4.69, 9.17) is 9.84 Å². The lowest BCUT2D eigenvalue weighted by Gasteiger charge is -2.34. The third kappa shape index (κ3) is 3.56. The van der Waals surface area contributed by atoms with Gasteiger partial charge < -0.3 is 15.2 Å². The molecule has 14 heavy (non-hydrogen) atoms. The number of aliphatic hydroxyl groups excluding tert-OH is 1. The van der Waals surface area contributed by atoms with E-state index in [1.165, 1.54) is 0 Å². The summed E-state index contributed by atoms with van der Waals surface area (Å²) in [6.45, 7) is 6.56. The van der Waals surface area contributed by atoms with Crippen LogP contribution in [0.5, 0.6) is 0 Å². The summed E-state index contributed by atoms with van der Waals surface area (Å²) in [5.41, 5.74) is 0. The van der Waals surface area contributed by atoms with E-state index < -0.39 is 0 Å². The van der Waals surface area contributed by atoms with Crippen molar-refractivity contribution in [3.05, 3.63) is 0 Å². The van der Waals surface area contributed by atoms with Gasteiger partial charge >= 0.3 is 0 Å². The quantitative estimate of drug-likeness (QED) is 0.720. The number of hydrogen-bond acceptors (Lipinski definition) is 3. The molecule has 1 aliphatic heterocycles. The Bertz CT molecular complexity index is 149. The lowest BCUT2D eigenvalue weighted by Crippen LogP contribution is -2.46. The number of hydrogen-bond donors (Lipinski definition) is 2. The van der Waals surface area contributed by atoms with Crippen LogP contribution in [-0.4, -0.2) is 36.0 Å². The summed E-state index contributed by atoms with van der Waals surface area (Å²) in [6.07, 6.45) is 3.78. The first-order valence-electron chi connectivity index (χ1n) is 5.68. The maximum Gasteiger partial charge on any atom is 0.0584 e. The SMILES string of the molecule is CC[C@H](CO)NC1C[C@@H](C)O[C@@H](C)C1. The van der Waals surface area contributed by atoms with E-state index in [0.717, 1.165) is 19.3 Å². The lowest BCUT2D eigenvalue weighted by molar-refractivity contribution is -0.0445. The van der Waals surface area contributed by atoms with Crippen molar-refractivity contribution in [2.45, 2.75) is 64.3 Å². The minimum atomic E-state index is 0.233. The molecule has 3 nitrogen and oxygen atoms in total. The van der Waals surface area contributed by atoms with E-state index in [0.29, 0.717) is 18.2 Å². The van der Waals surface area contributed by atoms with Crippen molar-refractivity contribution in [2.75, 3.05) is 6.61 Å². The highest BCUT2D eigenvalue weighted by Gasteiger charge is 2.25. The maximum absolute atomic E-state index is 9.09. The average Bonchev–Trinajstić information content (AvgIpc) is 2.12. The molecule has 1 aliphatic rings. The minimum Gasteiger partial charge on any atom is -0.395 e. The van der Waals surface area contributed by atoms with Crippen LogP contribution in [0.3, 0.4) is 0 Å². The van der Waals surface area contributed by atoms with Crippen LogP contribution in [0.1, 0.15) is 40.0 Å². The Morgan fingerprint density at radius 3 is 2.36 bits per heavy atom. The summed E-state index contributed by atoms with van der Waals surface area (Å²) in [7, 11) is 0. The average molecular weight is 201 g/mol. The first-order valence-corrected chi connectivity index (χ1v) is 5.68. The minimum absolute atomic E-state index is 0.233. The molecule has 0 radical (unpaired) electrons. The summed E-state index contributed by atoms with van der Waals surface area (Å²) in [6, 6.07) is 0.753. The molecule has 84 valence electrons. The van der Waals surface area contributed by atoms with E-state index in [1.807, 2.05) is 0 Å². The number of nitrogens with one attached hydrogen (secondary N) is 1. The van der Waals surface area contributed by atoms with E-state index in [9.17, 15) is 0 Å². The van der Waals surface area contributed by atoms with Crippen LogP contribution in [0, 0.1) is 0 Å². The largest absolute Gasteiger partial charge is 0.395 e. The van der Waals surface area contributed by atoms with Gasteiger partial charge in [-0.25, -0.2) is 0 Å². The molecule has 0 amide bonds. The predicted octanol–water partition coefficient (Wildman–Crippen LogP) is 1.30. The molecular weight excluding hydrogens is 178 g/mol. The molecule has 2 N–H and O–H groups in total.